The van der Waals surface area contributed by atoms with Gasteiger partial charge in [-0.25, -0.2) is 9.78 Å². The van der Waals surface area contributed by atoms with E-state index < -0.39 is 5.97 Å². The molecule has 0 unspecified atom stereocenters. The maximum absolute atomic E-state index is 11.5. The van der Waals surface area contributed by atoms with Gasteiger partial charge in [-0.15, -0.1) is 11.3 Å². The Morgan fingerprint density at radius 2 is 2.25 bits per heavy atom. The molecule has 0 atom stereocenters. The molecule has 1 aromatic rings. The van der Waals surface area contributed by atoms with Crippen LogP contribution >= 0.6 is 23.6 Å². The highest BCUT2D eigenvalue weighted by Gasteiger charge is 2.15. The van der Waals surface area contributed by atoms with Gasteiger partial charge < -0.3 is 15.4 Å². The molecule has 2 rings (SSSR count). The molecule has 0 spiro atoms. The molecule has 1 aliphatic carbocycles. The predicted octanol–water partition coefficient (Wildman–Crippen LogP) is 2.94. The highest BCUT2D eigenvalue weighted by molar-refractivity contribution is 7.80. The van der Waals surface area contributed by atoms with Crippen molar-refractivity contribution in [2.75, 3.05) is 11.9 Å². The molecule has 0 aliphatic heterocycles. The number of hydrogen-bond donors (Lipinski definition) is 2. The van der Waals surface area contributed by atoms with Gasteiger partial charge in [0.05, 0.1) is 6.61 Å². The minimum absolute atomic E-state index is 0.319. The van der Waals surface area contributed by atoms with Crippen LogP contribution in [-0.4, -0.2) is 28.7 Å². The van der Waals surface area contributed by atoms with Crippen molar-refractivity contribution >= 4 is 39.8 Å². The standard InChI is InChI=1S/C13H19N3O2S2/c1-2-18-11(17)10-8-20-13(15-10)16-12(19)14-9-6-4-3-5-7-9/h8-9H,2-7H2,1H3,(H2,14,15,16,19). The van der Waals surface area contributed by atoms with Gasteiger partial charge in [-0.3, -0.25) is 0 Å². The molecule has 0 aromatic carbocycles. The van der Waals surface area contributed by atoms with Crippen LogP contribution in [0.4, 0.5) is 5.13 Å². The molecule has 0 saturated heterocycles. The van der Waals surface area contributed by atoms with Crippen molar-refractivity contribution in [2.24, 2.45) is 0 Å². The summed E-state index contributed by atoms with van der Waals surface area (Å²) < 4.78 is 4.90. The van der Waals surface area contributed by atoms with Crippen molar-refractivity contribution in [1.29, 1.82) is 0 Å². The van der Waals surface area contributed by atoms with E-state index in [1.807, 2.05) is 0 Å². The van der Waals surface area contributed by atoms with Gasteiger partial charge in [0.25, 0.3) is 0 Å². The second kappa shape index (κ2) is 7.54. The maximum Gasteiger partial charge on any atom is 0.357 e. The molecule has 1 fully saturated rings. The van der Waals surface area contributed by atoms with Gasteiger partial charge in [-0.1, -0.05) is 19.3 Å². The number of thiazole rings is 1. The van der Waals surface area contributed by atoms with E-state index in [-0.39, 0.29) is 0 Å². The Kier molecular flexibility index (Phi) is 5.72. The zero-order valence-electron chi connectivity index (χ0n) is 11.5. The van der Waals surface area contributed by atoms with Gasteiger partial charge in [0.15, 0.2) is 15.9 Å². The zero-order chi connectivity index (χ0) is 14.4. The van der Waals surface area contributed by atoms with E-state index in [0.717, 1.165) is 12.8 Å². The van der Waals surface area contributed by atoms with Crippen LogP contribution in [-0.2, 0) is 4.74 Å². The third-order valence-electron chi connectivity index (χ3n) is 3.15. The number of aromatic nitrogens is 1. The normalized spacial score (nSPS) is 15.7. The van der Waals surface area contributed by atoms with Crippen LogP contribution < -0.4 is 10.6 Å². The fraction of sp³-hybridized carbons (Fsp3) is 0.615. The molecule has 110 valence electrons. The first-order chi connectivity index (χ1) is 9.69. The van der Waals surface area contributed by atoms with E-state index in [2.05, 4.69) is 15.6 Å². The lowest BCUT2D eigenvalue weighted by Crippen LogP contribution is -2.38. The Bertz CT molecular complexity index is 470. The molecule has 1 aromatic heterocycles. The largest absolute Gasteiger partial charge is 0.461 e. The average molecular weight is 313 g/mol. The SMILES string of the molecule is CCOC(=O)c1csc(NC(=S)NC2CCCCC2)n1. The molecule has 7 heteroatoms. The number of thiocarbonyl (C=S) groups is 1. The van der Waals surface area contributed by atoms with Crippen LogP contribution in [0.5, 0.6) is 0 Å². The number of carbonyl (C=O) groups is 1. The Labute approximate surface area is 128 Å². The summed E-state index contributed by atoms with van der Waals surface area (Å²) in [6.07, 6.45) is 6.14. The van der Waals surface area contributed by atoms with Gasteiger partial charge in [0, 0.05) is 11.4 Å². The molecule has 0 bridgehead atoms. The van der Waals surface area contributed by atoms with Gasteiger partial charge in [0.2, 0.25) is 0 Å². The Morgan fingerprint density at radius 1 is 1.50 bits per heavy atom. The fourth-order valence-electron chi connectivity index (χ4n) is 2.20. The molecular weight excluding hydrogens is 294 g/mol. The maximum atomic E-state index is 11.5. The van der Waals surface area contributed by atoms with Gasteiger partial charge >= 0.3 is 5.97 Å². The Morgan fingerprint density at radius 3 is 2.95 bits per heavy atom. The van der Waals surface area contributed by atoms with Crippen molar-refractivity contribution in [1.82, 2.24) is 10.3 Å². The first kappa shape index (κ1) is 15.2. The fourth-order valence-corrected chi connectivity index (χ4v) is 3.21. The van der Waals surface area contributed by atoms with Crippen LogP contribution in [0, 0.1) is 0 Å². The first-order valence-corrected chi connectivity index (χ1v) is 8.18. The third-order valence-corrected chi connectivity index (χ3v) is 4.13. The monoisotopic (exact) mass is 313 g/mol. The second-order valence-corrected chi connectivity index (χ2v) is 5.96. The number of nitrogens with one attached hydrogen (secondary N) is 2. The van der Waals surface area contributed by atoms with Gasteiger partial charge in [-0.05, 0) is 32.0 Å². The van der Waals surface area contributed by atoms with Gasteiger partial charge in [0.1, 0.15) is 0 Å². The quantitative estimate of drug-likeness (QED) is 0.658. The summed E-state index contributed by atoms with van der Waals surface area (Å²) >= 11 is 6.61. The molecular formula is C13H19N3O2S2. The number of rotatable bonds is 4. The summed E-state index contributed by atoms with van der Waals surface area (Å²) in [5.74, 6) is -0.400. The number of hydrogen-bond acceptors (Lipinski definition) is 5. The van der Waals surface area contributed by atoms with Crippen LogP contribution in [0.15, 0.2) is 5.38 Å². The molecule has 1 saturated carbocycles. The van der Waals surface area contributed by atoms with Crippen molar-refractivity contribution in [3.8, 4) is 0 Å². The van der Waals surface area contributed by atoms with Crippen molar-refractivity contribution in [3.63, 3.8) is 0 Å². The summed E-state index contributed by atoms with van der Waals surface area (Å²) in [7, 11) is 0. The van der Waals surface area contributed by atoms with E-state index in [1.54, 1.807) is 12.3 Å². The summed E-state index contributed by atoms with van der Waals surface area (Å²) in [6.45, 7) is 2.12. The predicted molar refractivity (Wildman–Crippen MR) is 84.3 cm³/mol. The van der Waals surface area contributed by atoms with Crippen LogP contribution in [0.1, 0.15) is 49.5 Å². The van der Waals surface area contributed by atoms with E-state index in [4.69, 9.17) is 17.0 Å². The Balaban J connectivity index is 1.83. The second-order valence-electron chi connectivity index (χ2n) is 4.69. The van der Waals surface area contributed by atoms with E-state index >= 15 is 0 Å². The topological polar surface area (TPSA) is 63.2 Å². The zero-order valence-corrected chi connectivity index (χ0v) is 13.1. The molecule has 2 N–H and O–H groups in total. The van der Waals surface area contributed by atoms with E-state index in [1.165, 1.54) is 30.6 Å². The third kappa shape index (κ3) is 4.42. The average Bonchev–Trinajstić information content (AvgIpc) is 2.88. The van der Waals surface area contributed by atoms with Crippen molar-refractivity contribution in [3.05, 3.63) is 11.1 Å². The lowest BCUT2D eigenvalue weighted by Gasteiger charge is -2.23. The molecule has 0 amide bonds. The minimum atomic E-state index is -0.400. The van der Waals surface area contributed by atoms with Crippen molar-refractivity contribution in [2.45, 2.75) is 45.1 Å². The molecule has 1 heterocycles. The van der Waals surface area contributed by atoms with E-state index in [9.17, 15) is 4.79 Å². The highest BCUT2D eigenvalue weighted by Crippen LogP contribution is 2.19. The van der Waals surface area contributed by atoms with Crippen LogP contribution in [0.3, 0.4) is 0 Å². The lowest BCUT2D eigenvalue weighted by molar-refractivity contribution is 0.0520. The van der Waals surface area contributed by atoms with Crippen LogP contribution in [0.2, 0.25) is 0 Å². The summed E-state index contributed by atoms with van der Waals surface area (Å²) in [6, 6.07) is 0.452. The van der Waals surface area contributed by atoms with Gasteiger partial charge in [-0.2, -0.15) is 0 Å². The minimum Gasteiger partial charge on any atom is -0.461 e. The Hall–Kier alpha value is -1.21. The number of carbonyl (C=O) groups excluding carboxylic acids is 1. The molecule has 5 nitrogen and oxygen atoms in total. The molecule has 1 aliphatic rings. The highest BCUT2D eigenvalue weighted by atomic mass is 32.1. The smallest absolute Gasteiger partial charge is 0.357 e. The molecule has 20 heavy (non-hydrogen) atoms. The lowest BCUT2D eigenvalue weighted by atomic mass is 9.96. The summed E-state index contributed by atoms with van der Waals surface area (Å²) in [5, 5.41) is 9.18. The molecule has 0 radical (unpaired) electrons. The van der Waals surface area contributed by atoms with E-state index in [0.29, 0.717) is 28.6 Å². The van der Waals surface area contributed by atoms with Crippen molar-refractivity contribution < 1.29 is 9.53 Å². The number of anilines is 1. The summed E-state index contributed by atoms with van der Waals surface area (Å²) in [5.41, 5.74) is 0.319. The number of esters is 1. The first-order valence-electron chi connectivity index (χ1n) is 6.89. The van der Waals surface area contributed by atoms with Crippen LogP contribution in [0.25, 0.3) is 0 Å². The number of nitrogens with zero attached hydrogens (tertiary/aromatic N) is 1. The summed E-state index contributed by atoms with van der Waals surface area (Å²) in [4.78, 5) is 15.7. The number of ether oxygens (including phenoxy) is 1.